The Hall–Kier alpha value is -2.02. The third-order valence-electron chi connectivity index (χ3n) is 11.2. The molecule has 5 fully saturated rings. The molecule has 2 spiro atoms. The highest BCUT2D eigenvalue weighted by Crippen LogP contribution is 2.76. The maximum absolute atomic E-state index is 7.10. The number of rotatable bonds is 8. The van der Waals surface area contributed by atoms with Crippen molar-refractivity contribution >= 4 is 0 Å². The first-order valence-corrected chi connectivity index (χ1v) is 13.9. The summed E-state index contributed by atoms with van der Waals surface area (Å²) in [6, 6.07) is 7.02. The van der Waals surface area contributed by atoms with E-state index in [0.29, 0.717) is 25.2 Å². The summed E-state index contributed by atoms with van der Waals surface area (Å²) < 4.78 is 31.2. The maximum Gasteiger partial charge on any atom is 0.165 e. The van der Waals surface area contributed by atoms with Crippen LogP contribution in [0.15, 0.2) is 35.1 Å². The highest BCUT2D eigenvalue weighted by molar-refractivity contribution is 5.63. The first-order valence-electron chi connectivity index (χ1n) is 13.9. The van der Waals surface area contributed by atoms with Gasteiger partial charge >= 0.3 is 0 Å². The molecule has 36 heavy (non-hydrogen) atoms. The first-order chi connectivity index (χ1) is 17.6. The monoisotopic (exact) mass is 491 g/mol. The van der Waals surface area contributed by atoms with Crippen molar-refractivity contribution in [2.24, 2.45) is 17.3 Å². The van der Waals surface area contributed by atoms with Crippen LogP contribution in [0, 0.1) is 17.3 Å². The van der Waals surface area contributed by atoms with Crippen LogP contribution < -0.4 is 9.47 Å². The van der Waals surface area contributed by atoms with Gasteiger partial charge in [0.2, 0.25) is 0 Å². The smallest absolute Gasteiger partial charge is 0.165 e. The van der Waals surface area contributed by atoms with Crippen molar-refractivity contribution in [1.82, 2.24) is 4.90 Å². The number of fused-ring (bicyclic) bond motifs is 2. The summed E-state index contributed by atoms with van der Waals surface area (Å²) in [7, 11) is 3.68. The minimum absolute atomic E-state index is 0.00446. The number of nitrogens with zero attached hydrogens (tertiary/aromatic N) is 1. The Kier molecular flexibility index (Phi) is 4.60. The summed E-state index contributed by atoms with van der Waals surface area (Å²) in [5, 5.41) is 0. The van der Waals surface area contributed by atoms with Gasteiger partial charge in [0.15, 0.2) is 11.5 Å². The molecule has 6 nitrogen and oxygen atoms in total. The second-order valence-corrected chi connectivity index (χ2v) is 12.4. The summed E-state index contributed by atoms with van der Waals surface area (Å²) in [5.74, 6) is 3.08. The zero-order chi connectivity index (χ0) is 24.1. The predicted octanol–water partition coefficient (Wildman–Crippen LogP) is 4.73. The molecule has 3 heterocycles. The van der Waals surface area contributed by atoms with Gasteiger partial charge in [-0.05, 0) is 75.1 Å². The van der Waals surface area contributed by atoms with Crippen LogP contribution in [0.4, 0.5) is 0 Å². The quantitative estimate of drug-likeness (QED) is 0.532. The average molecular weight is 492 g/mol. The van der Waals surface area contributed by atoms with Crippen LogP contribution >= 0.6 is 0 Å². The van der Waals surface area contributed by atoms with Gasteiger partial charge in [0.1, 0.15) is 11.7 Å². The fourth-order valence-corrected chi connectivity index (χ4v) is 9.59. The van der Waals surface area contributed by atoms with Crippen LogP contribution in [0.3, 0.4) is 0 Å². The Labute approximate surface area is 213 Å². The number of furan rings is 1. The van der Waals surface area contributed by atoms with E-state index in [0.717, 1.165) is 48.7 Å². The van der Waals surface area contributed by atoms with Gasteiger partial charge < -0.3 is 23.4 Å². The molecule has 4 bridgehead atoms. The minimum atomic E-state index is -0.347. The average Bonchev–Trinajstić information content (AvgIpc) is 3.41. The van der Waals surface area contributed by atoms with Gasteiger partial charge in [-0.2, -0.15) is 0 Å². The molecular weight excluding hydrogens is 454 g/mol. The van der Waals surface area contributed by atoms with Gasteiger partial charge in [0.05, 0.1) is 32.8 Å². The molecule has 9 rings (SSSR count). The topological polar surface area (TPSA) is 53.3 Å². The van der Waals surface area contributed by atoms with E-state index in [1.807, 2.05) is 13.2 Å². The summed E-state index contributed by atoms with van der Waals surface area (Å²) in [6.07, 6.45) is 12.0. The number of methoxy groups -OCH3 is 2. The van der Waals surface area contributed by atoms with Gasteiger partial charge in [0.25, 0.3) is 0 Å². The number of hydrogen-bond donors (Lipinski definition) is 0. The molecule has 7 aliphatic rings. The molecule has 2 aliphatic heterocycles. The Morgan fingerprint density at radius 2 is 2.03 bits per heavy atom. The summed E-state index contributed by atoms with van der Waals surface area (Å²) in [6.45, 7) is 3.70. The number of hydrogen-bond acceptors (Lipinski definition) is 6. The summed E-state index contributed by atoms with van der Waals surface area (Å²) in [4.78, 5) is 2.89. The largest absolute Gasteiger partial charge is 0.493 e. The molecule has 1 saturated heterocycles. The molecular formula is C30H37NO5. The predicted molar refractivity (Wildman–Crippen MR) is 133 cm³/mol. The number of likely N-dealkylation sites (tertiary alicyclic amines) is 1. The maximum atomic E-state index is 7.10. The molecule has 2 aromatic rings. The number of piperidine rings is 1. The standard InChI is InChI=1S/C30H37NO5/c1-32-23-6-5-21-13-24-28-8-9-30(33-2,22(14-28)18-35-17-20-7-12-34-16-20)27-29(28,25(21)26(23)36-27)10-11-31(24)15-19-3-4-19/h5-7,12,16,19,22,24,27H,3-4,8-11,13-15,17-18H2,1-2H3/t22-,24-,27-,28-,29+,30-/m1/s1. The molecule has 192 valence electrons. The zero-order valence-corrected chi connectivity index (χ0v) is 21.5. The second kappa shape index (κ2) is 7.52. The highest BCUT2D eigenvalue weighted by Gasteiger charge is 2.80. The Morgan fingerprint density at radius 3 is 2.81 bits per heavy atom. The van der Waals surface area contributed by atoms with E-state index in [-0.39, 0.29) is 22.5 Å². The van der Waals surface area contributed by atoms with E-state index in [4.69, 9.17) is 23.4 Å². The third-order valence-corrected chi connectivity index (χ3v) is 11.2. The third kappa shape index (κ3) is 2.58. The SMILES string of the molecule is COc1ccc2c3c1O[C@H]1[C@@]4(OC)CC[C@@]5(C[C@@H]4COCc4ccoc4)[C@@H](C2)N(CC2CC2)CC[C@]315. The van der Waals surface area contributed by atoms with Crippen molar-refractivity contribution in [3.63, 3.8) is 0 Å². The summed E-state index contributed by atoms with van der Waals surface area (Å²) >= 11 is 0. The first kappa shape index (κ1) is 22.0. The van der Waals surface area contributed by atoms with Crippen LogP contribution in [0.25, 0.3) is 0 Å². The molecule has 6 atom stereocenters. The van der Waals surface area contributed by atoms with Crippen LogP contribution in [0.2, 0.25) is 0 Å². The molecule has 0 radical (unpaired) electrons. The van der Waals surface area contributed by atoms with E-state index in [1.54, 1.807) is 19.6 Å². The van der Waals surface area contributed by atoms with E-state index < -0.39 is 0 Å². The van der Waals surface area contributed by atoms with E-state index in [2.05, 4.69) is 17.0 Å². The van der Waals surface area contributed by atoms with Crippen molar-refractivity contribution in [2.45, 2.75) is 74.7 Å². The Bertz CT molecular complexity index is 1180. The Morgan fingerprint density at radius 1 is 1.11 bits per heavy atom. The fourth-order valence-electron chi connectivity index (χ4n) is 9.59. The van der Waals surface area contributed by atoms with E-state index in [1.165, 1.54) is 43.5 Å². The molecule has 1 aromatic carbocycles. The van der Waals surface area contributed by atoms with Gasteiger partial charge in [-0.3, -0.25) is 4.90 Å². The van der Waals surface area contributed by atoms with Gasteiger partial charge in [-0.1, -0.05) is 6.07 Å². The molecule has 5 aliphatic carbocycles. The number of benzene rings is 1. The van der Waals surface area contributed by atoms with Crippen molar-refractivity contribution in [3.8, 4) is 11.5 Å². The van der Waals surface area contributed by atoms with Gasteiger partial charge in [0, 0.05) is 47.6 Å². The van der Waals surface area contributed by atoms with E-state index >= 15 is 0 Å². The molecule has 4 saturated carbocycles. The lowest BCUT2D eigenvalue weighted by Gasteiger charge is -2.74. The van der Waals surface area contributed by atoms with Crippen LogP contribution in [0.5, 0.6) is 11.5 Å². The minimum Gasteiger partial charge on any atom is -0.493 e. The summed E-state index contributed by atoms with van der Waals surface area (Å²) in [5.41, 5.74) is 3.88. The van der Waals surface area contributed by atoms with Crippen molar-refractivity contribution in [2.75, 3.05) is 33.9 Å². The van der Waals surface area contributed by atoms with Crippen LogP contribution in [-0.2, 0) is 27.9 Å². The normalized spacial score (nSPS) is 39.7. The molecule has 0 unspecified atom stereocenters. The van der Waals surface area contributed by atoms with E-state index in [9.17, 15) is 0 Å². The lowest BCUT2D eigenvalue weighted by Crippen LogP contribution is -2.81. The van der Waals surface area contributed by atoms with Gasteiger partial charge in [-0.15, -0.1) is 0 Å². The van der Waals surface area contributed by atoms with Crippen molar-refractivity contribution in [3.05, 3.63) is 47.4 Å². The number of ether oxygens (including phenoxy) is 4. The fraction of sp³-hybridized carbons (Fsp3) is 0.667. The van der Waals surface area contributed by atoms with Gasteiger partial charge in [-0.25, -0.2) is 0 Å². The lowest BCUT2D eigenvalue weighted by molar-refractivity contribution is -0.283. The van der Waals surface area contributed by atoms with Crippen LogP contribution in [-0.4, -0.2) is 56.6 Å². The van der Waals surface area contributed by atoms with Crippen molar-refractivity contribution < 1.29 is 23.4 Å². The zero-order valence-electron chi connectivity index (χ0n) is 21.5. The lowest BCUT2D eigenvalue weighted by atomic mass is 9.35. The van der Waals surface area contributed by atoms with Crippen molar-refractivity contribution in [1.29, 1.82) is 0 Å². The Balaban J connectivity index is 1.24. The van der Waals surface area contributed by atoms with Crippen LogP contribution in [0.1, 0.15) is 55.2 Å². The highest BCUT2D eigenvalue weighted by atomic mass is 16.6. The molecule has 0 amide bonds. The molecule has 0 N–H and O–H groups in total. The second-order valence-electron chi connectivity index (χ2n) is 12.4. The molecule has 1 aromatic heterocycles. The molecule has 6 heteroatoms.